The molecule has 2 aliphatic rings. The van der Waals surface area contributed by atoms with Gasteiger partial charge in [-0.3, -0.25) is 4.79 Å². The molecule has 9 heteroatoms. The van der Waals surface area contributed by atoms with Crippen molar-refractivity contribution in [2.45, 2.75) is 32.6 Å². The number of hydrogen-bond donors (Lipinski definition) is 2. The zero-order valence-corrected chi connectivity index (χ0v) is 14.9. The largest absolute Gasteiger partial charge is 0.367 e. The van der Waals surface area contributed by atoms with Gasteiger partial charge >= 0.3 is 0 Å². The second-order valence-electron chi connectivity index (χ2n) is 7.49. The van der Waals surface area contributed by atoms with Gasteiger partial charge in [0.2, 0.25) is 0 Å². The van der Waals surface area contributed by atoms with Crippen molar-refractivity contribution >= 4 is 11.7 Å². The van der Waals surface area contributed by atoms with E-state index in [0.717, 1.165) is 19.3 Å². The summed E-state index contributed by atoms with van der Waals surface area (Å²) < 4.78 is 15.6. The van der Waals surface area contributed by atoms with Gasteiger partial charge in [0.15, 0.2) is 11.6 Å². The lowest BCUT2D eigenvalue weighted by Crippen LogP contribution is -2.39. The van der Waals surface area contributed by atoms with E-state index in [1.807, 2.05) is 0 Å². The minimum atomic E-state index is -0.420. The van der Waals surface area contributed by atoms with Gasteiger partial charge in [-0.1, -0.05) is 11.6 Å². The second-order valence-corrected chi connectivity index (χ2v) is 7.49. The fourth-order valence-electron chi connectivity index (χ4n) is 4.15. The van der Waals surface area contributed by atoms with Crippen molar-refractivity contribution in [1.82, 2.24) is 30.3 Å². The Kier molecular flexibility index (Phi) is 3.89. The van der Waals surface area contributed by atoms with Crippen LogP contribution in [0.5, 0.6) is 0 Å². The molecule has 0 aromatic carbocycles. The Balaban J connectivity index is 1.44. The number of nitrogens with zero attached hydrogens (tertiary/aromatic N) is 5. The van der Waals surface area contributed by atoms with Crippen LogP contribution in [0, 0.1) is 23.6 Å². The molecule has 0 radical (unpaired) electrons. The number of hydrogen-bond acceptors (Lipinski definition) is 6. The van der Waals surface area contributed by atoms with Gasteiger partial charge in [0.25, 0.3) is 5.91 Å². The molecule has 8 nitrogen and oxygen atoms in total. The van der Waals surface area contributed by atoms with Crippen LogP contribution in [0.25, 0.3) is 0 Å². The molecule has 1 spiro atoms. The van der Waals surface area contributed by atoms with Crippen molar-refractivity contribution in [2.75, 3.05) is 18.4 Å². The van der Waals surface area contributed by atoms with Gasteiger partial charge in [0, 0.05) is 25.6 Å². The predicted molar refractivity (Wildman–Crippen MR) is 91.9 cm³/mol. The molecule has 138 valence electrons. The first-order chi connectivity index (χ1) is 12.5. The molecule has 2 aromatic heterocycles. The van der Waals surface area contributed by atoms with Crippen molar-refractivity contribution in [1.29, 1.82) is 0 Å². The van der Waals surface area contributed by atoms with Crippen molar-refractivity contribution in [3.05, 3.63) is 29.7 Å². The van der Waals surface area contributed by atoms with Crippen LogP contribution in [0.3, 0.4) is 0 Å². The monoisotopic (exact) mass is 359 g/mol. The summed E-state index contributed by atoms with van der Waals surface area (Å²) in [4.78, 5) is 20.2. The molecule has 2 N–H and O–H groups in total. The molecular weight excluding hydrogens is 337 g/mol. The average Bonchev–Trinajstić information content (AvgIpc) is 3.10. The lowest BCUT2D eigenvalue weighted by molar-refractivity contribution is 0.0925. The molecule has 2 heterocycles. The molecule has 2 fully saturated rings. The van der Waals surface area contributed by atoms with E-state index >= 15 is 0 Å². The first kappa shape index (κ1) is 16.9. The van der Waals surface area contributed by atoms with E-state index in [4.69, 9.17) is 0 Å². The van der Waals surface area contributed by atoms with Gasteiger partial charge in [0.1, 0.15) is 12.0 Å². The molecule has 2 aliphatic carbocycles. The summed E-state index contributed by atoms with van der Waals surface area (Å²) in [6.45, 7) is 2.73. The minimum Gasteiger partial charge on any atom is -0.367 e. The number of nitrogens with one attached hydrogen (secondary N) is 2. The standard InChI is InChI=1S/C17H22FN7O/c1-11-13(18)14(22-10-21-11)19-8-17(7-16(17)4-3-5-16)9-20-15(26)12-6-23-24-25(12)2/h6,10H,3-5,7-9H2,1-2H3,(H,20,26)(H,19,21,22). The first-order valence-electron chi connectivity index (χ1n) is 8.80. The fraction of sp³-hybridized carbons (Fsp3) is 0.588. The van der Waals surface area contributed by atoms with Gasteiger partial charge in [0.05, 0.1) is 11.9 Å². The van der Waals surface area contributed by atoms with Gasteiger partial charge in [-0.2, -0.15) is 0 Å². The lowest BCUT2D eigenvalue weighted by Gasteiger charge is -2.33. The summed E-state index contributed by atoms with van der Waals surface area (Å²) in [5, 5.41) is 13.7. The zero-order valence-electron chi connectivity index (χ0n) is 14.9. The Morgan fingerprint density at radius 3 is 2.77 bits per heavy atom. The maximum atomic E-state index is 14.2. The van der Waals surface area contributed by atoms with Crippen molar-refractivity contribution in [3.63, 3.8) is 0 Å². The summed E-state index contributed by atoms with van der Waals surface area (Å²) in [6.07, 6.45) is 7.36. The summed E-state index contributed by atoms with van der Waals surface area (Å²) in [7, 11) is 1.68. The Hall–Kier alpha value is -2.58. The van der Waals surface area contributed by atoms with E-state index in [0.29, 0.717) is 24.5 Å². The Labute approximate surface area is 150 Å². The highest BCUT2D eigenvalue weighted by molar-refractivity contribution is 5.92. The number of halogens is 1. The molecule has 0 aliphatic heterocycles. The summed E-state index contributed by atoms with van der Waals surface area (Å²) in [5.74, 6) is -0.390. The molecule has 1 amide bonds. The summed E-state index contributed by atoms with van der Waals surface area (Å²) in [6, 6.07) is 0. The van der Waals surface area contributed by atoms with Gasteiger partial charge in [-0.25, -0.2) is 19.0 Å². The molecule has 1 unspecified atom stereocenters. The summed E-state index contributed by atoms with van der Waals surface area (Å²) >= 11 is 0. The van der Waals surface area contributed by atoms with Crippen LogP contribution in [-0.2, 0) is 7.05 Å². The predicted octanol–water partition coefficient (Wildman–Crippen LogP) is 1.45. The maximum absolute atomic E-state index is 14.2. The molecule has 0 bridgehead atoms. The molecule has 0 saturated heterocycles. The van der Waals surface area contributed by atoms with Crippen LogP contribution in [0.2, 0.25) is 0 Å². The molecule has 2 saturated carbocycles. The van der Waals surface area contributed by atoms with Crippen LogP contribution in [-0.4, -0.2) is 44.0 Å². The van der Waals surface area contributed by atoms with E-state index < -0.39 is 5.82 Å². The smallest absolute Gasteiger partial charge is 0.271 e. The minimum absolute atomic E-state index is 0.0712. The van der Waals surface area contributed by atoms with Gasteiger partial charge < -0.3 is 10.6 Å². The number of amides is 1. The van der Waals surface area contributed by atoms with E-state index in [1.54, 1.807) is 14.0 Å². The SMILES string of the molecule is Cc1ncnc(NCC2(CNC(=O)c3cnnn3C)CC23CCC3)c1F. The number of carbonyl (C=O) groups excluding carboxylic acids is 1. The van der Waals surface area contributed by atoms with E-state index in [-0.39, 0.29) is 22.6 Å². The number of rotatable bonds is 6. The highest BCUT2D eigenvalue weighted by Crippen LogP contribution is 2.73. The fourth-order valence-corrected chi connectivity index (χ4v) is 4.15. The molecular formula is C17H22FN7O. The second kappa shape index (κ2) is 6.00. The number of carbonyl (C=O) groups is 1. The van der Waals surface area contributed by atoms with Crippen LogP contribution < -0.4 is 10.6 Å². The van der Waals surface area contributed by atoms with Gasteiger partial charge in [-0.05, 0) is 31.6 Å². The Bertz CT molecular complexity index is 847. The number of aryl methyl sites for hydroxylation is 2. The van der Waals surface area contributed by atoms with E-state index in [9.17, 15) is 9.18 Å². The van der Waals surface area contributed by atoms with Crippen molar-refractivity contribution in [3.8, 4) is 0 Å². The topological polar surface area (TPSA) is 97.6 Å². The van der Waals surface area contributed by atoms with Crippen molar-refractivity contribution in [2.24, 2.45) is 17.9 Å². The van der Waals surface area contributed by atoms with Gasteiger partial charge in [-0.15, -0.1) is 5.10 Å². The molecule has 1 atom stereocenters. The van der Waals surface area contributed by atoms with Crippen LogP contribution >= 0.6 is 0 Å². The summed E-state index contributed by atoms with van der Waals surface area (Å²) in [5.41, 5.74) is 0.936. The van der Waals surface area contributed by atoms with E-state index in [2.05, 4.69) is 30.9 Å². The Morgan fingerprint density at radius 2 is 2.15 bits per heavy atom. The van der Waals surface area contributed by atoms with Crippen LogP contribution in [0.4, 0.5) is 10.2 Å². The quantitative estimate of drug-likeness (QED) is 0.810. The van der Waals surface area contributed by atoms with Crippen LogP contribution in [0.1, 0.15) is 41.9 Å². The number of anilines is 1. The zero-order chi connectivity index (χ0) is 18.4. The number of aromatic nitrogens is 5. The molecule has 4 rings (SSSR count). The Morgan fingerprint density at radius 1 is 1.35 bits per heavy atom. The van der Waals surface area contributed by atoms with Crippen LogP contribution in [0.15, 0.2) is 12.5 Å². The van der Waals surface area contributed by atoms with Crippen molar-refractivity contribution < 1.29 is 9.18 Å². The highest BCUT2D eigenvalue weighted by atomic mass is 19.1. The first-order valence-corrected chi connectivity index (χ1v) is 8.80. The molecule has 26 heavy (non-hydrogen) atoms. The highest BCUT2D eigenvalue weighted by Gasteiger charge is 2.68. The van der Waals surface area contributed by atoms with E-state index in [1.165, 1.54) is 23.6 Å². The average molecular weight is 359 g/mol. The third-order valence-electron chi connectivity index (χ3n) is 6.08. The normalized spacial score (nSPS) is 22.7. The molecule has 2 aromatic rings. The third kappa shape index (κ3) is 2.62. The third-order valence-corrected chi connectivity index (χ3v) is 6.08. The maximum Gasteiger partial charge on any atom is 0.271 e. The lowest BCUT2D eigenvalue weighted by atomic mass is 9.75.